The van der Waals surface area contributed by atoms with Crippen molar-refractivity contribution in [1.82, 2.24) is 10.6 Å². The first-order valence-corrected chi connectivity index (χ1v) is 6.34. The van der Waals surface area contributed by atoms with Gasteiger partial charge in [-0.2, -0.15) is 0 Å². The quantitative estimate of drug-likeness (QED) is 0.808. The van der Waals surface area contributed by atoms with Gasteiger partial charge in [-0.25, -0.2) is 0 Å². The van der Waals surface area contributed by atoms with Crippen molar-refractivity contribution in [3.05, 3.63) is 30.3 Å². The van der Waals surface area contributed by atoms with E-state index in [9.17, 15) is 9.59 Å². The monoisotopic (exact) mass is 264 g/mol. The van der Waals surface area contributed by atoms with Gasteiger partial charge in [0.05, 0.1) is 0 Å². The molecule has 0 spiro atoms. The predicted octanol–water partition coefficient (Wildman–Crippen LogP) is 1.09. The molecule has 5 nitrogen and oxygen atoms in total. The second-order valence-electron chi connectivity index (χ2n) is 4.20. The number of rotatable bonds is 6. The number of para-hydroxylation sites is 1. The zero-order valence-corrected chi connectivity index (χ0v) is 11.5. The van der Waals surface area contributed by atoms with E-state index in [1.807, 2.05) is 25.1 Å². The lowest BCUT2D eigenvalue weighted by atomic mass is 10.2. The van der Waals surface area contributed by atoms with Crippen molar-refractivity contribution in [1.29, 1.82) is 0 Å². The molecule has 0 aliphatic rings. The fourth-order valence-electron chi connectivity index (χ4n) is 1.48. The molecule has 19 heavy (non-hydrogen) atoms. The molecule has 104 valence electrons. The Morgan fingerprint density at radius 2 is 1.79 bits per heavy atom. The number of ether oxygens (including phenoxy) is 1. The molecule has 2 amide bonds. The molecule has 0 saturated carbocycles. The zero-order valence-electron chi connectivity index (χ0n) is 11.5. The number of hydrogen-bond acceptors (Lipinski definition) is 3. The van der Waals surface area contributed by atoms with Gasteiger partial charge in [0.2, 0.25) is 5.91 Å². The molecule has 0 fully saturated rings. The highest BCUT2D eigenvalue weighted by Gasteiger charge is 2.20. The first-order valence-electron chi connectivity index (χ1n) is 6.34. The fourth-order valence-corrected chi connectivity index (χ4v) is 1.48. The number of nitrogens with one attached hydrogen (secondary N) is 2. The van der Waals surface area contributed by atoms with Crippen LogP contribution in [0.25, 0.3) is 0 Å². The van der Waals surface area contributed by atoms with Gasteiger partial charge in [0.15, 0.2) is 6.10 Å². The lowest BCUT2D eigenvalue weighted by Crippen LogP contribution is -2.48. The second-order valence-corrected chi connectivity index (χ2v) is 4.20. The zero-order chi connectivity index (χ0) is 14.3. The van der Waals surface area contributed by atoms with Crippen molar-refractivity contribution in [3.8, 4) is 5.75 Å². The first kappa shape index (κ1) is 15.0. The Morgan fingerprint density at radius 1 is 1.16 bits per heavy atom. The summed E-state index contributed by atoms with van der Waals surface area (Å²) in [7, 11) is 0. The molecule has 5 heteroatoms. The van der Waals surface area contributed by atoms with Crippen LogP contribution in [0.2, 0.25) is 0 Å². The Hall–Kier alpha value is -2.04. The van der Waals surface area contributed by atoms with Crippen LogP contribution in [0, 0.1) is 0 Å². The molecule has 1 aromatic carbocycles. The van der Waals surface area contributed by atoms with Crippen molar-refractivity contribution in [3.63, 3.8) is 0 Å². The normalized spacial score (nSPS) is 13.2. The summed E-state index contributed by atoms with van der Waals surface area (Å²) in [6.07, 6.45) is -0.653. The van der Waals surface area contributed by atoms with Crippen LogP contribution in [0.5, 0.6) is 5.75 Å². The Bertz CT molecular complexity index is 420. The summed E-state index contributed by atoms with van der Waals surface area (Å²) in [5.74, 6) is 0.0983. The fraction of sp³-hybridized carbons (Fsp3) is 0.429. The van der Waals surface area contributed by atoms with E-state index in [1.54, 1.807) is 26.0 Å². The molecule has 0 aliphatic heterocycles. The van der Waals surface area contributed by atoms with Crippen LogP contribution in [0.1, 0.15) is 20.8 Å². The third-order valence-electron chi connectivity index (χ3n) is 2.53. The van der Waals surface area contributed by atoms with E-state index in [1.165, 1.54) is 0 Å². The van der Waals surface area contributed by atoms with Gasteiger partial charge < -0.3 is 15.4 Å². The SMILES string of the molecule is CCNC(=O)C(C)NC(=O)C(C)Oc1ccccc1. The van der Waals surface area contributed by atoms with E-state index < -0.39 is 12.1 Å². The van der Waals surface area contributed by atoms with E-state index >= 15 is 0 Å². The molecule has 0 radical (unpaired) electrons. The van der Waals surface area contributed by atoms with E-state index in [0.29, 0.717) is 12.3 Å². The van der Waals surface area contributed by atoms with E-state index in [2.05, 4.69) is 10.6 Å². The minimum Gasteiger partial charge on any atom is -0.481 e. The molecule has 0 aliphatic carbocycles. The molecule has 0 saturated heterocycles. The Labute approximate surface area is 113 Å². The van der Waals surface area contributed by atoms with Crippen molar-refractivity contribution in [2.24, 2.45) is 0 Å². The van der Waals surface area contributed by atoms with Crippen LogP contribution < -0.4 is 15.4 Å². The van der Waals surface area contributed by atoms with Crippen LogP contribution in [-0.2, 0) is 9.59 Å². The first-order chi connectivity index (χ1) is 9.04. The van der Waals surface area contributed by atoms with Crippen LogP contribution in [-0.4, -0.2) is 30.5 Å². The molecule has 1 rings (SSSR count). The average molecular weight is 264 g/mol. The van der Waals surface area contributed by atoms with Crippen LogP contribution in [0.15, 0.2) is 30.3 Å². The number of carbonyl (C=O) groups is 2. The molecular weight excluding hydrogens is 244 g/mol. The largest absolute Gasteiger partial charge is 0.481 e. The van der Waals surface area contributed by atoms with Gasteiger partial charge in [0.25, 0.3) is 5.91 Å². The highest BCUT2D eigenvalue weighted by atomic mass is 16.5. The summed E-state index contributed by atoms with van der Waals surface area (Å²) in [4.78, 5) is 23.3. The molecule has 2 unspecified atom stereocenters. The van der Waals surface area contributed by atoms with E-state index in [0.717, 1.165) is 0 Å². The summed E-state index contributed by atoms with van der Waals surface area (Å²) in [6, 6.07) is 8.51. The standard InChI is InChI=1S/C14H20N2O3/c1-4-15-13(17)10(2)16-14(18)11(3)19-12-8-6-5-7-9-12/h5-11H,4H2,1-3H3,(H,15,17)(H,16,18). The lowest BCUT2D eigenvalue weighted by molar-refractivity contribution is -0.132. The summed E-state index contributed by atoms with van der Waals surface area (Å²) in [6.45, 7) is 5.65. The highest BCUT2D eigenvalue weighted by Crippen LogP contribution is 2.10. The Kier molecular flexibility index (Phi) is 5.85. The third-order valence-corrected chi connectivity index (χ3v) is 2.53. The van der Waals surface area contributed by atoms with Crippen LogP contribution >= 0.6 is 0 Å². The average Bonchev–Trinajstić information content (AvgIpc) is 2.40. The maximum absolute atomic E-state index is 11.9. The number of carbonyl (C=O) groups excluding carboxylic acids is 2. The number of benzene rings is 1. The minimum absolute atomic E-state index is 0.206. The van der Waals surface area contributed by atoms with Crippen LogP contribution in [0.4, 0.5) is 0 Å². The third kappa shape index (κ3) is 4.99. The number of hydrogen-bond donors (Lipinski definition) is 2. The Balaban J connectivity index is 2.47. The highest BCUT2D eigenvalue weighted by molar-refractivity contribution is 5.88. The molecular formula is C14H20N2O3. The predicted molar refractivity (Wildman–Crippen MR) is 72.8 cm³/mol. The molecule has 1 aromatic rings. The number of amides is 2. The van der Waals surface area contributed by atoms with Crippen molar-refractivity contribution in [2.75, 3.05) is 6.54 Å². The summed E-state index contributed by atoms with van der Waals surface area (Å²) in [5, 5.41) is 5.25. The molecule has 2 atom stereocenters. The van der Waals surface area contributed by atoms with Gasteiger partial charge in [-0.15, -0.1) is 0 Å². The molecule has 2 N–H and O–H groups in total. The van der Waals surface area contributed by atoms with Crippen molar-refractivity contribution >= 4 is 11.8 Å². The van der Waals surface area contributed by atoms with Gasteiger partial charge in [-0.05, 0) is 32.9 Å². The topological polar surface area (TPSA) is 67.4 Å². The molecule has 0 heterocycles. The molecule has 0 aromatic heterocycles. The van der Waals surface area contributed by atoms with Crippen molar-refractivity contribution in [2.45, 2.75) is 32.9 Å². The van der Waals surface area contributed by atoms with Gasteiger partial charge in [-0.3, -0.25) is 9.59 Å². The summed E-state index contributed by atoms with van der Waals surface area (Å²) < 4.78 is 5.47. The van der Waals surface area contributed by atoms with E-state index in [4.69, 9.17) is 4.74 Å². The maximum atomic E-state index is 11.9. The minimum atomic E-state index is -0.653. The maximum Gasteiger partial charge on any atom is 0.261 e. The van der Waals surface area contributed by atoms with Gasteiger partial charge >= 0.3 is 0 Å². The Morgan fingerprint density at radius 3 is 2.37 bits per heavy atom. The molecule has 0 bridgehead atoms. The lowest BCUT2D eigenvalue weighted by Gasteiger charge is -2.18. The second kappa shape index (κ2) is 7.41. The summed E-state index contributed by atoms with van der Waals surface area (Å²) >= 11 is 0. The number of likely N-dealkylation sites (N-methyl/N-ethyl adjacent to an activating group) is 1. The van der Waals surface area contributed by atoms with Gasteiger partial charge in [0.1, 0.15) is 11.8 Å². The smallest absolute Gasteiger partial charge is 0.261 e. The van der Waals surface area contributed by atoms with Gasteiger partial charge in [0, 0.05) is 6.54 Å². The van der Waals surface area contributed by atoms with Crippen molar-refractivity contribution < 1.29 is 14.3 Å². The van der Waals surface area contributed by atoms with E-state index in [-0.39, 0.29) is 11.8 Å². The van der Waals surface area contributed by atoms with Gasteiger partial charge in [-0.1, -0.05) is 18.2 Å². The van der Waals surface area contributed by atoms with Crippen LogP contribution in [0.3, 0.4) is 0 Å². The summed E-state index contributed by atoms with van der Waals surface area (Å²) in [5.41, 5.74) is 0.